The number of rotatable bonds is 6. The summed E-state index contributed by atoms with van der Waals surface area (Å²) < 4.78 is 0.832. The van der Waals surface area contributed by atoms with Crippen LogP contribution >= 0.6 is 22.9 Å². The van der Waals surface area contributed by atoms with Gasteiger partial charge in [-0.3, -0.25) is 0 Å². The summed E-state index contributed by atoms with van der Waals surface area (Å²) in [5.41, 5.74) is 7.38. The smallest absolute Gasteiger partial charge is 0.170 e. The molecule has 4 N–H and O–H groups in total. The maximum atomic E-state index is 8.58. The molecule has 0 aliphatic carbocycles. The zero-order valence-corrected chi connectivity index (χ0v) is 12.4. The van der Waals surface area contributed by atoms with Gasteiger partial charge in [-0.15, -0.1) is 11.3 Å². The summed E-state index contributed by atoms with van der Waals surface area (Å²) in [6.45, 7) is 1.69. The number of halogens is 1. The molecule has 4 nitrogen and oxygen atoms in total. The van der Waals surface area contributed by atoms with Crippen LogP contribution in [0.1, 0.15) is 16.0 Å². The Bertz CT molecular complexity index is 580. The number of nitrogens with zero attached hydrogens (tertiary/aromatic N) is 1. The average molecular weight is 310 g/mol. The van der Waals surface area contributed by atoms with Crippen molar-refractivity contribution in [1.82, 2.24) is 5.32 Å². The van der Waals surface area contributed by atoms with Crippen LogP contribution in [0.5, 0.6) is 0 Å². The van der Waals surface area contributed by atoms with Crippen molar-refractivity contribution in [3.63, 3.8) is 0 Å². The highest BCUT2D eigenvalue weighted by molar-refractivity contribution is 7.16. The molecule has 0 bridgehead atoms. The lowest BCUT2D eigenvalue weighted by Crippen LogP contribution is -2.17. The molecule has 2 aromatic rings. The molecule has 0 spiro atoms. The van der Waals surface area contributed by atoms with Crippen LogP contribution < -0.4 is 11.1 Å². The molecule has 0 saturated carbocycles. The van der Waals surface area contributed by atoms with Gasteiger partial charge in [-0.05, 0) is 24.1 Å². The van der Waals surface area contributed by atoms with Gasteiger partial charge in [0.1, 0.15) is 0 Å². The molecule has 1 aromatic heterocycles. The van der Waals surface area contributed by atoms with Crippen molar-refractivity contribution in [3.05, 3.63) is 56.7 Å². The van der Waals surface area contributed by atoms with Gasteiger partial charge >= 0.3 is 0 Å². The summed E-state index contributed by atoms with van der Waals surface area (Å²) in [5.74, 6) is 0.124. The third-order valence-electron chi connectivity index (χ3n) is 2.86. The lowest BCUT2D eigenvalue weighted by molar-refractivity contribution is 0.318. The molecular weight excluding hydrogens is 294 g/mol. The van der Waals surface area contributed by atoms with Gasteiger partial charge in [0.2, 0.25) is 0 Å². The second-order valence-corrected chi connectivity index (χ2v) is 6.11. The highest BCUT2D eigenvalue weighted by Gasteiger charge is 2.00. The van der Waals surface area contributed by atoms with Gasteiger partial charge < -0.3 is 16.3 Å². The van der Waals surface area contributed by atoms with Gasteiger partial charge in [0.05, 0.1) is 4.34 Å². The van der Waals surface area contributed by atoms with E-state index in [2.05, 4.69) is 16.5 Å². The molecule has 2 rings (SSSR count). The molecular formula is C14H16ClN3OS. The fourth-order valence-corrected chi connectivity index (χ4v) is 2.87. The Morgan fingerprint density at radius 1 is 1.25 bits per heavy atom. The van der Waals surface area contributed by atoms with E-state index < -0.39 is 0 Å². The van der Waals surface area contributed by atoms with Gasteiger partial charge in [0, 0.05) is 23.5 Å². The van der Waals surface area contributed by atoms with Crippen LogP contribution in [0.4, 0.5) is 0 Å². The predicted octanol–water partition coefficient (Wildman–Crippen LogP) is 2.83. The predicted molar refractivity (Wildman–Crippen MR) is 83.7 cm³/mol. The molecule has 0 radical (unpaired) electrons. The summed E-state index contributed by atoms with van der Waals surface area (Å²) in [4.78, 5) is 1.28. The standard InChI is InChI=1S/C14H16ClN3OS/c15-13-6-5-12(20-13)7-8-17-9-10-1-3-11(4-2-10)14(16)18-19/h1-6,17,19H,7-9H2,(H2,16,18). The van der Waals surface area contributed by atoms with E-state index in [0.717, 1.165) is 29.4 Å². The van der Waals surface area contributed by atoms with Crippen molar-refractivity contribution in [3.8, 4) is 0 Å². The van der Waals surface area contributed by atoms with E-state index in [4.69, 9.17) is 22.5 Å². The number of oxime groups is 1. The van der Waals surface area contributed by atoms with E-state index in [0.29, 0.717) is 5.56 Å². The van der Waals surface area contributed by atoms with Crippen LogP contribution in [-0.2, 0) is 13.0 Å². The summed E-state index contributed by atoms with van der Waals surface area (Å²) >= 11 is 7.50. The molecule has 0 unspecified atom stereocenters. The van der Waals surface area contributed by atoms with Crippen LogP contribution in [0.2, 0.25) is 4.34 Å². The maximum Gasteiger partial charge on any atom is 0.170 e. The largest absolute Gasteiger partial charge is 0.409 e. The molecule has 0 aliphatic rings. The van der Waals surface area contributed by atoms with E-state index in [1.807, 2.05) is 30.3 Å². The molecule has 6 heteroatoms. The van der Waals surface area contributed by atoms with Crippen molar-refractivity contribution in [2.24, 2.45) is 10.9 Å². The molecule has 1 heterocycles. The van der Waals surface area contributed by atoms with Crippen LogP contribution in [0.3, 0.4) is 0 Å². The van der Waals surface area contributed by atoms with Gasteiger partial charge in [-0.1, -0.05) is 41.0 Å². The Morgan fingerprint density at radius 2 is 2.00 bits per heavy atom. The SMILES string of the molecule is N/C(=N/O)c1ccc(CNCCc2ccc(Cl)s2)cc1. The van der Waals surface area contributed by atoms with Gasteiger partial charge in [0.25, 0.3) is 0 Å². The monoisotopic (exact) mass is 309 g/mol. The summed E-state index contributed by atoms with van der Waals surface area (Å²) in [6.07, 6.45) is 0.972. The van der Waals surface area contributed by atoms with E-state index in [1.54, 1.807) is 11.3 Å². The number of nitrogens with one attached hydrogen (secondary N) is 1. The molecule has 20 heavy (non-hydrogen) atoms. The van der Waals surface area contributed by atoms with Crippen molar-refractivity contribution >= 4 is 28.8 Å². The van der Waals surface area contributed by atoms with Crippen molar-refractivity contribution in [1.29, 1.82) is 0 Å². The van der Waals surface area contributed by atoms with Gasteiger partial charge in [0.15, 0.2) is 5.84 Å². The molecule has 1 aromatic carbocycles. The van der Waals surface area contributed by atoms with E-state index in [1.165, 1.54) is 4.88 Å². The Kier molecular flexibility index (Phi) is 5.40. The number of amidine groups is 1. The minimum absolute atomic E-state index is 0.124. The first kappa shape index (κ1) is 14.8. The van der Waals surface area contributed by atoms with E-state index >= 15 is 0 Å². The van der Waals surface area contributed by atoms with Crippen LogP contribution in [0.15, 0.2) is 41.6 Å². The van der Waals surface area contributed by atoms with Crippen LogP contribution in [-0.4, -0.2) is 17.6 Å². The van der Waals surface area contributed by atoms with Gasteiger partial charge in [-0.2, -0.15) is 0 Å². The van der Waals surface area contributed by atoms with E-state index in [-0.39, 0.29) is 5.84 Å². The number of hydrogen-bond acceptors (Lipinski definition) is 4. The first-order chi connectivity index (χ1) is 9.69. The van der Waals surface area contributed by atoms with Crippen molar-refractivity contribution < 1.29 is 5.21 Å². The Hall–Kier alpha value is -1.56. The van der Waals surface area contributed by atoms with Crippen molar-refractivity contribution in [2.45, 2.75) is 13.0 Å². The normalized spacial score (nSPS) is 11.8. The van der Waals surface area contributed by atoms with Gasteiger partial charge in [-0.25, -0.2) is 0 Å². The minimum Gasteiger partial charge on any atom is -0.409 e. The topological polar surface area (TPSA) is 70.6 Å². The molecule has 0 atom stereocenters. The minimum atomic E-state index is 0.124. The zero-order chi connectivity index (χ0) is 14.4. The zero-order valence-electron chi connectivity index (χ0n) is 10.8. The summed E-state index contributed by atoms with van der Waals surface area (Å²) in [7, 11) is 0. The molecule has 0 amide bonds. The third kappa shape index (κ3) is 4.23. The second-order valence-electron chi connectivity index (χ2n) is 4.31. The van der Waals surface area contributed by atoms with Crippen LogP contribution in [0, 0.1) is 0 Å². The van der Waals surface area contributed by atoms with Crippen LogP contribution in [0.25, 0.3) is 0 Å². The Labute approximate surface area is 126 Å². The van der Waals surface area contributed by atoms with E-state index in [9.17, 15) is 0 Å². The number of thiophene rings is 1. The molecule has 106 valence electrons. The number of nitrogens with two attached hydrogens (primary N) is 1. The molecule has 0 fully saturated rings. The average Bonchev–Trinajstić information content (AvgIpc) is 2.89. The third-order valence-corrected chi connectivity index (χ3v) is 4.15. The highest BCUT2D eigenvalue weighted by Crippen LogP contribution is 2.21. The maximum absolute atomic E-state index is 8.58. The first-order valence-electron chi connectivity index (χ1n) is 6.21. The lowest BCUT2D eigenvalue weighted by atomic mass is 10.1. The molecule has 0 aliphatic heterocycles. The highest BCUT2D eigenvalue weighted by atomic mass is 35.5. The lowest BCUT2D eigenvalue weighted by Gasteiger charge is -2.05. The fourth-order valence-electron chi connectivity index (χ4n) is 1.78. The quantitative estimate of drug-likeness (QED) is 0.253. The first-order valence-corrected chi connectivity index (χ1v) is 7.40. The van der Waals surface area contributed by atoms with Crippen molar-refractivity contribution in [2.75, 3.05) is 6.54 Å². The number of benzene rings is 1. The summed E-state index contributed by atoms with van der Waals surface area (Å²) in [6, 6.07) is 11.6. The number of hydrogen-bond donors (Lipinski definition) is 3. The Balaban J connectivity index is 1.77. The summed E-state index contributed by atoms with van der Waals surface area (Å²) in [5, 5.41) is 14.9. The fraction of sp³-hybridized carbons (Fsp3) is 0.214. The second kappa shape index (κ2) is 7.28. The molecule has 0 saturated heterocycles. The Morgan fingerprint density at radius 3 is 2.60 bits per heavy atom.